The van der Waals surface area contributed by atoms with E-state index in [4.69, 9.17) is 4.74 Å². The average molecular weight is 483 g/mol. The van der Waals surface area contributed by atoms with E-state index < -0.39 is 5.82 Å². The Bertz CT molecular complexity index is 1160. The summed E-state index contributed by atoms with van der Waals surface area (Å²) in [5.41, 5.74) is 1.32. The fraction of sp³-hybridized carbons (Fsp3) is 0.231. The van der Waals surface area contributed by atoms with Crippen molar-refractivity contribution in [2.24, 2.45) is 0 Å². The first-order valence-electron chi connectivity index (χ1n) is 10.9. The maximum Gasteiger partial charge on any atom is 0.254 e. The van der Waals surface area contributed by atoms with Crippen LogP contribution in [0.5, 0.6) is 5.75 Å². The minimum absolute atomic E-state index is 0.144. The second-order valence-electron chi connectivity index (χ2n) is 7.90. The maximum atomic E-state index is 13.4. The second kappa shape index (κ2) is 10.6. The van der Waals surface area contributed by atoms with E-state index in [0.29, 0.717) is 17.9 Å². The number of fused-ring (bicyclic) bond motifs is 1. The molecule has 0 saturated carbocycles. The highest BCUT2D eigenvalue weighted by Crippen LogP contribution is 2.34. The van der Waals surface area contributed by atoms with E-state index in [2.05, 4.69) is 6.58 Å². The van der Waals surface area contributed by atoms with Gasteiger partial charge in [-0.25, -0.2) is 8.78 Å². The van der Waals surface area contributed by atoms with Crippen molar-refractivity contribution in [3.63, 3.8) is 0 Å². The highest BCUT2D eigenvalue weighted by molar-refractivity contribution is 7.10. The van der Waals surface area contributed by atoms with Crippen molar-refractivity contribution in [2.75, 3.05) is 26.2 Å². The molecule has 2 aromatic carbocycles. The largest absolute Gasteiger partial charge is 0.491 e. The third kappa shape index (κ3) is 5.34. The molecule has 1 aliphatic rings. The van der Waals surface area contributed by atoms with Gasteiger partial charge in [0, 0.05) is 23.5 Å². The summed E-state index contributed by atoms with van der Waals surface area (Å²) >= 11 is 1.64. The van der Waals surface area contributed by atoms with Crippen LogP contribution in [0.15, 0.2) is 72.6 Å². The molecule has 34 heavy (non-hydrogen) atoms. The summed E-state index contributed by atoms with van der Waals surface area (Å²) in [5.74, 6) is -0.875. The van der Waals surface area contributed by atoms with Crippen molar-refractivity contribution in [3.05, 3.63) is 100 Å². The lowest BCUT2D eigenvalue weighted by Gasteiger charge is -2.37. The molecule has 0 N–H and O–H groups in total. The molecule has 1 aliphatic heterocycles. The number of hydrogen-bond donors (Lipinski definition) is 0. The lowest BCUT2D eigenvalue weighted by atomic mass is 10.0. The molecule has 5 nitrogen and oxygen atoms in total. The molecule has 2 heterocycles. The van der Waals surface area contributed by atoms with Gasteiger partial charge in [0.25, 0.3) is 5.91 Å². The standard InChI is InChI=1S/C26H24F2N2O3S/c1-2-13-29(26(32)18-3-5-19(27)6-4-18)16-25(31)30-14-11-24-22(12-15-34-24)23(30)17-33-21-9-7-20(28)8-10-21/h2-10,12,15,23H,1,11,13-14,16-17H2/t23-/m0/s1. The summed E-state index contributed by atoms with van der Waals surface area (Å²) in [7, 11) is 0. The second-order valence-corrected chi connectivity index (χ2v) is 8.90. The molecule has 0 radical (unpaired) electrons. The van der Waals surface area contributed by atoms with Crippen molar-refractivity contribution in [2.45, 2.75) is 12.5 Å². The lowest BCUT2D eigenvalue weighted by Crippen LogP contribution is -2.47. The Morgan fingerprint density at radius 2 is 1.76 bits per heavy atom. The van der Waals surface area contributed by atoms with E-state index in [9.17, 15) is 18.4 Å². The van der Waals surface area contributed by atoms with E-state index in [-0.39, 0.29) is 43.4 Å². The fourth-order valence-corrected chi connectivity index (χ4v) is 4.91. The molecule has 0 saturated heterocycles. The van der Waals surface area contributed by atoms with Gasteiger partial charge in [0.05, 0.1) is 6.04 Å². The first kappa shape index (κ1) is 23.6. The molecule has 8 heteroatoms. The van der Waals surface area contributed by atoms with E-state index in [0.717, 1.165) is 12.0 Å². The van der Waals surface area contributed by atoms with Crippen LogP contribution in [0.3, 0.4) is 0 Å². The highest BCUT2D eigenvalue weighted by Gasteiger charge is 2.33. The summed E-state index contributed by atoms with van der Waals surface area (Å²) in [6, 6.07) is 12.6. The van der Waals surface area contributed by atoms with Crippen LogP contribution in [0.2, 0.25) is 0 Å². The molecule has 0 unspecified atom stereocenters. The summed E-state index contributed by atoms with van der Waals surface area (Å²) in [4.78, 5) is 30.7. The van der Waals surface area contributed by atoms with Gasteiger partial charge < -0.3 is 14.5 Å². The number of hydrogen-bond acceptors (Lipinski definition) is 4. The Kier molecular flexibility index (Phi) is 7.37. The Morgan fingerprint density at radius 3 is 2.44 bits per heavy atom. The van der Waals surface area contributed by atoms with Crippen LogP contribution in [0.1, 0.15) is 26.8 Å². The van der Waals surface area contributed by atoms with Crippen molar-refractivity contribution >= 4 is 23.2 Å². The van der Waals surface area contributed by atoms with Gasteiger partial charge in [0.1, 0.15) is 30.5 Å². The number of benzene rings is 2. The topological polar surface area (TPSA) is 49.9 Å². The molecule has 0 aliphatic carbocycles. The van der Waals surface area contributed by atoms with E-state index in [1.807, 2.05) is 11.4 Å². The summed E-state index contributed by atoms with van der Waals surface area (Å²) in [5, 5.41) is 1.99. The molecule has 1 aromatic heterocycles. The average Bonchev–Trinajstić information content (AvgIpc) is 3.32. The van der Waals surface area contributed by atoms with Gasteiger partial charge in [-0.05, 0) is 72.0 Å². The number of carbonyl (C=O) groups is 2. The van der Waals surface area contributed by atoms with Crippen molar-refractivity contribution in [1.29, 1.82) is 0 Å². The number of ether oxygens (including phenoxy) is 1. The monoisotopic (exact) mass is 482 g/mol. The molecule has 3 aromatic rings. The fourth-order valence-electron chi connectivity index (χ4n) is 3.98. The Balaban J connectivity index is 1.51. The van der Waals surface area contributed by atoms with Crippen LogP contribution in [0, 0.1) is 11.6 Å². The van der Waals surface area contributed by atoms with E-state index >= 15 is 0 Å². The van der Waals surface area contributed by atoms with Crippen LogP contribution in [-0.4, -0.2) is 47.9 Å². The Hall–Kier alpha value is -3.52. The Labute approximate surface area is 200 Å². The molecule has 2 amide bonds. The number of carbonyl (C=O) groups excluding carboxylic acids is 2. The summed E-state index contributed by atoms with van der Waals surface area (Å²) in [6.07, 6.45) is 2.27. The molecule has 176 valence electrons. The van der Waals surface area contributed by atoms with Crippen LogP contribution < -0.4 is 4.74 Å². The molecule has 0 bridgehead atoms. The van der Waals surface area contributed by atoms with Crippen LogP contribution in [-0.2, 0) is 11.2 Å². The number of nitrogens with zero attached hydrogens (tertiary/aromatic N) is 2. The third-order valence-electron chi connectivity index (χ3n) is 5.69. The van der Waals surface area contributed by atoms with Gasteiger partial charge in [-0.3, -0.25) is 9.59 Å². The molecular formula is C26H24F2N2O3S. The minimum Gasteiger partial charge on any atom is -0.491 e. The van der Waals surface area contributed by atoms with Gasteiger partial charge >= 0.3 is 0 Å². The number of rotatable bonds is 8. The predicted molar refractivity (Wildman–Crippen MR) is 127 cm³/mol. The molecular weight excluding hydrogens is 458 g/mol. The summed E-state index contributed by atoms with van der Waals surface area (Å²) in [6.45, 7) is 4.43. The van der Waals surface area contributed by atoms with Crippen molar-refractivity contribution in [3.8, 4) is 5.75 Å². The quantitative estimate of drug-likeness (QED) is 0.431. The predicted octanol–water partition coefficient (Wildman–Crippen LogP) is 4.86. The van der Waals surface area contributed by atoms with Gasteiger partial charge in [-0.15, -0.1) is 17.9 Å². The van der Waals surface area contributed by atoms with Crippen LogP contribution in [0.25, 0.3) is 0 Å². The SMILES string of the molecule is C=CCN(CC(=O)N1CCc2sccc2[C@@H]1COc1ccc(F)cc1)C(=O)c1ccc(F)cc1. The lowest BCUT2D eigenvalue weighted by molar-refractivity contribution is -0.135. The van der Waals surface area contributed by atoms with Gasteiger partial charge in [0.2, 0.25) is 5.91 Å². The van der Waals surface area contributed by atoms with Crippen molar-refractivity contribution < 1.29 is 23.1 Å². The molecule has 0 spiro atoms. The first-order chi connectivity index (χ1) is 16.5. The van der Waals surface area contributed by atoms with Gasteiger partial charge in [-0.2, -0.15) is 0 Å². The highest BCUT2D eigenvalue weighted by atomic mass is 32.1. The van der Waals surface area contributed by atoms with E-state index in [1.54, 1.807) is 34.4 Å². The van der Waals surface area contributed by atoms with Crippen LogP contribution >= 0.6 is 11.3 Å². The summed E-state index contributed by atoms with van der Waals surface area (Å²) < 4.78 is 32.4. The maximum absolute atomic E-state index is 13.4. The number of halogens is 2. The Morgan fingerprint density at radius 1 is 1.09 bits per heavy atom. The molecule has 0 fully saturated rings. The van der Waals surface area contributed by atoms with Gasteiger partial charge in [-0.1, -0.05) is 6.08 Å². The first-order valence-corrected chi connectivity index (χ1v) is 11.7. The number of amides is 2. The minimum atomic E-state index is -0.438. The molecule has 4 rings (SSSR count). The van der Waals surface area contributed by atoms with E-state index in [1.165, 1.54) is 46.2 Å². The smallest absolute Gasteiger partial charge is 0.254 e. The number of thiophene rings is 1. The van der Waals surface area contributed by atoms with Crippen molar-refractivity contribution in [1.82, 2.24) is 9.80 Å². The zero-order chi connectivity index (χ0) is 24.1. The molecule has 1 atom stereocenters. The normalized spacial score (nSPS) is 14.9. The zero-order valence-corrected chi connectivity index (χ0v) is 19.3. The van der Waals surface area contributed by atoms with Crippen LogP contribution in [0.4, 0.5) is 8.78 Å². The third-order valence-corrected chi connectivity index (χ3v) is 6.69. The van der Waals surface area contributed by atoms with Gasteiger partial charge in [0.15, 0.2) is 0 Å². The zero-order valence-electron chi connectivity index (χ0n) is 18.5.